The number of ether oxygens (including phenoxy) is 4. The van der Waals surface area contributed by atoms with Gasteiger partial charge in [0, 0.05) is 37.4 Å². The zero-order chi connectivity index (χ0) is 30.1. The van der Waals surface area contributed by atoms with Gasteiger partial charge in [0.25, 0.3) is 5.91 Å². The number of carbonyl (C=O) groups excluding carboxylic acids is 4. The number of carbonyl (C=O) groups is 4. The monoisotopic (exact) mass is 560 g/mol. The Balaban J connectivity index is 2.60. The van der Waals surface area contributed by atoms with Crippen LogP contribution in [0.1, 0.15) is 40.5 Å². The van der Waals surface area contributed by atoms with Gasteiger partial charge in [0.2, 0.25) is 11.6 Å². The maximum atomic E-state index is 13.3. The predicted molar refractivity (Wildman–Crippen MR) is 147 cm³/mol. The normalized spacial score (nSPS) is 32.7. The molecule has 220 valence electrons. The number of hydrogen-bond donors (Lipinski definition) is 3. The molecule has 4 N–H and O–H groups in total. The minimum Gasteiger partial charge on any atom is -0.492 e. The number of hydrogen-bond acceptors (Lipinski definition) is 9. The van der Waals surface area contributed by atoms with Gasteiger partial charge in [-0.2, -0.15) is 0 Å². The van der Waals surface area contributed by atoms with Gasteiger partial charge in [-0.05, 0) is 38.2 Å². The summed E-state index contributed by atoms with van der Waals surface area (Å²) in [5, 5.41) is 13.7. The molecule has 11 heteroatoms. The van der Waals surface area contributed by atoms with Crippen LogP contribution in [0, 0.1) is 11.8 Å². The lowest BCUT2D eigenvalue weighted by Crippen LogP contribution is -2.37. The van der Waals surface area contributed by atoms with Gasteiger partial charge in [0.1, 0.15) is 6.10 Å². The summed E-state index contributed by atoms with van der Waals surface area (Å²) in [6, 6.07) is 0. The molecule has 0 aromatic rings. The van der Waals surface area contributed by atoms with E-state index in [2.05, 4.69) is 5.32 Å². The van der Waals surface area contributed by atoms with Gasteiger partial charge in [-0.15, -0.1) is 0 Å². The molecule has 0 saturated heterocycles. The Labute approximate surface area is 234 Å². The first-order valence-electron chi connectivity index (χ1n) is 13.0. The largest absolute Gasteiger partial charge is 0.492 e. The Bertz CT molecular complexity index is 1150. The number of primary amides is 1. The van der Waals surface area contributed by atoms with Crippen LogP contribution in [-0.2, 0) is 33.3 Å². The van der Waals surface area contributed by atoms with Crippen molar-refractivity contribution < 1.29 is 43.2 Å². The third-order valence-corrected chi connectivity index (χ3v) is 6.95. The van der Waals surface area contributed by atoms with E-state index in [1.54, 1.807) is 32.1 Å². The molecule has 0 fully saturated rings. The highest BCUT2D eigenvalue weighted by atomic mass is 16.6. The molecule has 6 atom stereocenters. The van der Waals surface area contributed by atoms with E-state index < -0.39 is 53.9 Å². The molecular formula is C29H40N2O9. The highest BCUT2D eigenvalue weighted by molar-refractivity contribution is 6.23. The third-order valence-electron chi connectivity index (χ3n) is 6.95. The van der Waals surface area contributed by atoms with Crippen molar-refractivity contribution in [3.8, 4) is 0 Å². The number of allylic oxidation sites excluding steroid dienone is 4. The van der Waals surface area contributed by atoms with Crippen LogP contribution >= 0.6 is 0 Å². The van der Waals surface area contributed by atoms with E-state index in [9.17, 15) is 24.3 Å². The number of aliphatic hydroxyl groups is 1. The molecule has 40 heavy (non-hydrogen) atoms. The summed E-state index contributed by atoms with van der Waals surface area (Å²) >= 11 is 0. The summed E-state index contributed by atoms with van der Waals surface area (Å²) in [4.78, 5) is 50.6. The Hall–Kier alpha value is -3.54. The topological polar surface area (TPSA) is 163 Å². The zero-order valence-corrected chi connectivity index (χ0v) is 24.1. The number of amides is 2. The van der Waals surface area contributed by atoms with Gasteiger partial charge in [0.05, 0.1) is 25.0 Å². The van der Waals surface area contributed by atoms with Crippen molar-refractivity contribution in [2.75, 3.05) is 21.3 Å². The molecule has 2 rings (SSSR count). The van der Waals surface area contributed by atoms with Crippen molar-refractivity contribution in [1.82, 2.24) is 5.32 Å². The standard InChI is InChI=1S/C29H40N2O9/c1-15-11-19-25(34)20(14-21(32)27(19)39-7)31-28(35)16(2)9-8-10-22(37-5)26(40-29(30)36)18(4)13-17(3)24(33)23(12-15)38-6/h8-10,13-15,17,22-24,26,33H,11-12H2,1-7H3,(H2,30,36)(H,31,35)/b10-8-,16-9+,18-13+/t15-,17+,22?,23?,24?,26?/m1/s1. The first-order valence-corrected chi connectivity index (χ1v) is 13.0. The van der Waals surface area contributed by atoms with Gasteiger partial charge >= 0.3 is 6.09 Å². The second-order valence-corrected chi connectivity index (χ2v) is 10.1. The lowest BCUT2D eigenvalue weighted by Gasteiger charge is -2.29. The van der Waals surface area contributed by atoms with Crippen molar-refractivity contribution in [2.24, 2.45) is 17.6 Å². The fourth-order valence-electron chi connectivity index (χ4n) is 4.78. The molecule has 1 aliphatic carbocycles. The Morgan fingerprint density at radius 3 is 2.35 bits per heavy atom. The molecule has 1 aliphatic heterocycles. The molecule has 0 aromatic carbocycles. The summed E-state index contributed by atoms with van der Waals surface area (Å²) in [5.74, 6) is -2.39. The van der Waals surface area contributed by atoms with E-state index in [0.29, 0.717) is 12.0 Å². The van der Waals surface area contributed by atoms with E-state index >= 15 is 0 Å². The van der Waals surface area contributed by atoms with E-state index in [4.69, 9.17) is 24.7 Å². The molecule has 0 spiro atoms. The summed E-state index contributed by atoms with van der Waals surface area (Å²) < 4.78 is 21.7. The van der Waals surface area contributed by atoms with Crippen LogP contribution in [0.2, 0.25) is 0 Å². The fourth-order valence-corrected chi connectivity index (χ4v) is 4.78. The lowest BCUT2D eigenvalue weighted by molar-refractivity contribution is -0.120. The predicted octanol–water partition coefficient (Wildman–Crippen LogP) is 2.41. The van der Waals surface area contributed by atoms with E-state index in [0.717, 1.165) is 6.08 Å². The van der Waals surface area contributed by atoms with Crippen LogP contribution in [0.25, 0.3) is 0 Å². The number of methoxy groups -OCH3 is 3. The number of nitrogens with two attached hydrogens (primary N) is 1. The average molecular weight is 561 g/mol. The number of nitrogens with one attached hydrogen (secondary N) is 1. The van der Waals surface area contributed by atoms with Crippen molar-refractivity contribution >= 4 is 23.6 Å². The maximum absolute atomic E-state index is 13.3. The third kappa shape index (κ3) is 8.23. The van der Waals surface area contributed by atoms with Gasteiger partial charge in [-0.3, -0.25) is 14.4 Å². The van der Waals surface area contributed by atoms with Crippen LogP contribution in [0.15, 0.2) is 58.6 Å². The molecule has 2 bridgehead atoms. The Morgan fingerprint density at radius 1 is 1.10 bits per heavy atom. The fraction of sp³-hybridized carbons (Fsp3) is 0.517. The smallest absolute Gasteiger partial charge is 0.405 e. The number of ketones is 2. The lowest BCUT2D eigenvalue weighted by atomic mass is 9.85. The highest BCUT2D eigenvalue weighted by Crippen LogP contribution is 2.29. The Morgan fingerprint density at radius 2 is 1.77 bits per heavy atom. The molecule has 0 radical (unpaired) electrons. The minimum absolute atomic E-state index is 0.0801. The minimum atomic E-state index is -1.00. The molecule has 0 aromatic heterocycles. The number of rotatable bonds is 4. The highest BCUT2D eigenvalue weighted by Gasteiger charge is 2.34. The summed E-state index contributed by atoms with van der Waals surface area (Å²) in [6.07, 6.45) is 3.61. The van der Waals surface area contributed by atoms with Gasteiger partial charge in [0.15, 0.2) is 11.9 Å². The maximum Gasteiger partial charge on any atom is 0.405 e. The van der Waals surface area contributed by atoms with E-state index in [1.807, 2.05) is 6.92 Å². The van der Waals surface area contributed by atoms with Crippen LogP contribution in [-0.4, -0.2) is 74.4 Å². The van der Waals surface area contributed by atoms with E-state index in [1.165, 1.54) is 34.3 Å². The van der Waals surface area contributed by atoms with Gasteiger partial charge in [-0.1, -0.05) is 38.2 Å². The van der Waals surface area contributed by atoms with Crippen molar-refractivity contribution in [3.63, 3.8) is 0 Å². The quantitative estimate of drug-likeness (QED) is 0.346. The second kappa shape index (κ2) is 14.7. The summed E-state index contributed by atoms with van der Waals surface area (Å²) in [6.45, 7) is 6.92. The summed E-state index contributed by atoms with van der Waals surface area (Å²) in [5.41, 5.74) is 6.12. The van der Waals surface area contributed by atoms with Crippen molar-refractivity contribution in [2.45, 2.75) is 65.0 Å². The molecule has 1 heterocycles. The van der Waals surface area contributed by atoms with Gasteiger partial charge in [-0.25, -0.2) is 4.79 Å². The number of fused-ring (bicyclic) bond motifs is 2. The second-order valence-electron chi connectivity index (χ2n) is 10.1. The molecule has 2 amide bonds. The molecule has 2 aliphatic rings. The van der Waals surface area contributed by atoms with Crippen molar-refractivity contribution in [1.29, 1.82) is 0 Å². The van der Waals surface area contributed by atoms with Gasteiger partial charge < -0.3 is 35.1 Å². The van der Waals surface area contributed by atoms with Crippen LogP contribution < -0.4 is 11.1 Å². The molecular weight excluding hydrogens is 520 g/mol. The first-order chi connectivity index (χ1) is 18.8. The van der Waals surface area contributed by atoms with Crippen LogP contribution in [0.5, 0.6) is 0 Å². The zero-order valence-electron chi connectivity index (χ0n) is 24.1. The number of Topliss-reactive ketones (excluding diaryl/α,β-unsaturated/α-hetero) is 1. The Kier molecular flexibility index (Phi) is 12.0. The van der Waals surface area contributed by atoms with Crippen LogP contribution in [0.4, 0.5) is 4.79 Å². The molecule has 11 nitrogen and oxygen atoms in total. The molecule has 4 unspecified atom stereocenters. The SMILES string of the molecule is COC1=C2C[C@@H](C)CC(OC)C(O)[C@@H](C)/C=C(\C)C(OC(N)=O)C(OC)/C=C\C=C(/C)C(=O)NC(=CC1=O)C2=O. The van der Waals surface area contributed by atoms with E-state index in [-0.39, 0.29) is 34.9 Å². The first kappa shape index (κ1) is 32.7. The molecule has 0 saturated carbocycles. The van der Waals surface area contributed by atoms with Crippen LogP contribution in [0.3, 0.4) is 0 Å². The summed E-state index contributed by atoms with van der Waals surface area (Å²) in [7, 11) is 4.21. The number of aliphatic hydroxyl groups excluding tert-OH is 1. The van der Waals surface area contributed by atoms with Crippen molar-refractivity contribution in [3.05, 3.63) is 58.6 Å². The average Bonchev–Trinajstić information content (AvgIpc) is 2.90.